The standard InChI is InChI=1S/C18H21BrN2O2/c1-12-4-2-3-5-16(12)20-18(23)10-21-9-13(11-22)15-8-14(19)6-7-17(15)21/h6-9,11-12,16H,2-5,10H2,1H3,(H,20,23). The van der Waals surface area contributed by atoms with Gasteiger partial charge in [0.1, 0.15) is 6.54 Å². The first-order valence-corrected chi connectivity index (χ1v) is 8.90. The van der Waals surface area contributed by atoms with Crippen LogP contribution in [0.4, 0.5) is 0 Å². The molecule has 1 amide bonds. The average molecular weight is 377 g/mol. The predicted octanol–water partition coefficient (Wildman–Crippen LogP) is 3.91. The van der Waals surface area contributed by atoms with Crippen LogP contribution in [0.15, 0.2) is 28.9 Å². The number of benzene rings is 1. The number of carbonyl (C=O) groups excluding carboxylic acids is 2. The molecule has 23 heavy (non-hydrogen) atoms. The van der Waals surface area contributed by atoms with E-state index in [4.69, 9.17) is 0 Å². The lowest BCUT2D eigenvalue weighted by Crippen LogP contribution is -2.42. The highest BCUT2D eigenvalue weighted by Gasteiger charge is 2.23. The Morgan fingerprint density at radius 2 is 2.17 bits per heavy atom. The molecule has 1 saturated carbocycles. The van der Waals surface area contributed by atoms with Gasteiger partial charge in [-0.1, -0.05) is 35.7 Å². The van der Waals surface area contributed by atoms with Gasteiger partial charge in [-0.2, -0.15) is 0 Å². The van der Waals surface area contributed by atoms with Gasteiger partial charge in [0.15, 0.2) is 6.29 Å². The van der Waals surface area contributed by atoms with E-state index in [-0.39, 0.29) is 18.5 Å². The number of amides is 1. The molecular formula is C18H21BrN2O2. The summed E-state index contributed by atoms with van der Waals surface area (Å²) in [5.41, 5.74) is 1.52. The fraction of sp³-hybridized carbons (Fsp3) is 0.444. The van der Waals surface area contributed by atoms with Gasteiger partial charge in [0.05, 0.1) is 0 Å². The average Bonchev–Trinajstić information content (AvgIpc) is 2.86. The number of aldehydes is 1. The molecule has 0 saturated heterocycles. The van der Waals surface area contributed by atoms with Crippen LogP contribution in [0, 0.1) is 5.92 Å². The molecule has 1 aliphatic carbocycles. The van der Waals surface area contributed by atoms with E-state index >= 15 is 0 Å². The maximum Gasteiger partial charge on any atom is 0.240 e. The van der Waals surface area contributed by atoms with Crippen LogP contribution in [0.5, 0.6) is 0 Å². The van der Waals surface area contributed by atoms with Crippen molar-refractivity contribution < 1.29 is 9.59 Å². The van der Waals surface area contributed by atoms with Gasteiger partial charge in [0, 0.05) is 33.2 Å². The topological polar surface area (TPSA) is 51.1 Å². The number of carbonyl (C=O) groups is 2. The van der Waals surface area contributed by atoms with Crippen molar-refractivity contribution in [3.63, 3.8) is 0 Å². The van der Waals surface area contributed by atoms with Gasteiger partial charge < -0.3 is 9.88 Å². The van der Waals surface area contributed by atoms with Crippen LogP contribution in [-0.4, -0.2) is 22.8 Å². The minimum Gasteiger partial charge on any atom is -0.352 e. The predicted molar refractivity (Wildman–Crippen MR) is 94.6 cm³/mol. The molecule has 0 radical (unpaired) electrons. The number of hydrogen-bond donors (Lipinski definition) is 1. The van der Waals surface area contributed by atoms with E-state index in [0.29, 0.717) is 11.5 Å². The Labute approximate surface area is 144 Å². The Morgan fingerprint density at radius 1 is 1.39 bits per heavy atom. The van der Waals surface area contributed by atoms with Gasteiger partial charge in [-0.15, -0.1) is 0 Å². The van der Waals surface area contributed by atoms with Crippen LogP contribution < -0.4 is 5.32 Å². The summed E-state index contributed by atoms with van der Waals surface area (Å²) < 4.78 is 2.78. The number of aromatic nitrogens is 1. The molecule has 2 unspecified atom stereocenters. The van der Waals surface area contributed by atoms with Gasteiger partial charge in [-0.05, 0) is 37.0 Å². The van der Waals surface area contributed by atoms with Crippen LogP contribution in [0.25, 0.3) is 10.9 Å². The van der Waals surface area contributed by atoms with Gasteiger partial charge in [0.25, 0.3) is 0 Å². The Bertz CT molecular complexity index is 738. The van der Waals surface area contributed by atoms with E-state index < -0.39 is 0 Å². The highest BCUT2D eigenvalue weighted by molar-refractivity contribution is 9.10. The molecular weight excluding hydrogens is 356 g/mol. The molecule has 0 bridgehead atoms. The van der Waals surface area contributed by atoms with Gasteiger partial charge in [-0.3, -0.25) is 9.59 Å². The summed E-state index contributed by atoms with van der Waals surface area (Å²) in [7, 11) is 0. The first-order valence-electron chi connectivity index (χ1n) is 8.11. The van der Waals surface area contributed by atoms with Crippen molar-refractivity contribution in [1.82, 2.24) is 9.88 Å². The molecule has 2 atom stereocenters. The number of halogens is 1. The summed E-state index contributed by atoms with van der Waals surface area (Å²) in [6.45, 7) is 2.45. The smallest absolute Gasteiger partial charge is 0.240 e. The van der Waals surface area contributed by atoms with E-state index in [1.54, 1.807) is 6.20 Å². The Balaban J connectivity index is 1.78. The molecule has 1 aromatic carbocycles. The van der Waals surface area contributed by atoms with E-state index in [1.165, 1.54) is 19.3 Å². The minimum absolute atomic E-state index is 0.0148. The summed E-state index contributed by atoms with van der Waals surface area (Å²) in [5.74, 6) is 0.552. The molecule has 4 nitrogen and oxygen atoms in total. The second-order valence-corrected chi connectivity index (χ2v) is 7.34. The van der Waals surface area contributed by atoms with E-state index in [9.17, 15) is 9.59 Å². The maximum atomic E-state index is 12.4. The van der Waals surface area contributed by atoms with Crippen LogP contribution in [0.3, 0.4) is 0 Å². The van der Waals surface area contributed by atoms with E-state index in [0.717, 1.165) is 28.1 Å². The maximum absolute atomic E-state index is 12.4. The van der Waals surface area contributed by atoms with Crippen molar-refractivity contribution in [3.8, 4) is 0 Å². The third-order valence-electron chi connectivity index (χ3n) is 4.77. The molecule has 1 aromatic heterocycles. The molecule has 1 N–H and O–H groups in total. The fourth-order valence-electron chi connectivity index (χ4n) is 3.46. The lowest BCUT2D eigenvalue weighted by molar-refractivity contribution is -0.122. The number of hydrogen-bond acceptors (Lipinski definition) is 2. The molecule has 0 spiro atoms. The second kappa shape index (κ2) is 6.87. The van der Waals surface area contributed by atoms with Crippen molar-refractivity contribution >= 4 is 39.0 Å². The molecule has 5 heteroatoms. The summed E-state index contributed by atoms with van der Waals surface area (Å²) in [6, 6.07) is 6.05. The molecule has 2 aromatic rings. The van der Waals surface area contributed by atoms with Crippen LogP contribution in [0.2, 0.25) is 0 Å². The quantitative estimate of drug-likeness (QED) is 0.822. The van der Waals surface area contributed by atoms with Crippen molar-refractivity contribution in [2.24, 2.45) is 5.92 Å². The number of rotatable bonds is 4. The summed E-state index contributed by atoms with van der Waals surface area (Å²) in [5, 5.41) is 4.03. The zero-order valence-corrected chi connectivity index (χ0v) is 14.8. The second-order valence-electron chi connectivity index (χ2n) is 6.43. The number of nitrogens with zero attached hydrogens (tertiary/aromatic N) is 1. The normalized spacial score (nSPS) is 21.3. The van der Waals surface area contributed by atoms with Gasteiger partial charge >= 0.3 is 0 Å². The SMILES string of the molecule is CC1CCCCC1NC(=O)Cn1cc(C=O)c2cc(Br)ccc21. The zero-order chi connectivity index (χ0) is 16.4. The Hall–Kier alpha value is -1.62. The van der Waals surface area contributed by atoms with Gasteiger partial charge in [0.2, 0.25) is 5.91 Å². The van der Waals surface area contributed by atoms with Crippen LogP contribution in [0.1, 0.15) is 43.0 Å². The van der Waals surface area contributed by atoms with E-state index in [2.05, 4.69) is 28.2 Å². The third-order valence-corrected chi connectivity index (χ3v) is 5.27. The van der Waals surface area contributed by atoms with Crippen LogP contribution in [-0.2, 0) is 11.3 Å². The highest BCUT2D eigenvalue weighted by atomic mass is 79.9. The van der Waals surface area contributed by atoms with Crippen molar-refractivity contribution in [3.05, 3.63) is 34.4 Å². The monoisotopic (exact) mass is 376 g/mol. The van der Waals surface area contributed by atoms with E-state index in [1.807, 2.05) is 22.8 Å². The largest absolute Gasteiger partial charge is 0.352 e. The summed E-state index contributed by atoms with van der Waals surface area (Å²) in [6.07, 6.45) is 7.28. The van der Waals surface area contributed by atoms with Crippen LogP contribution >= 0.6 is 15.9 Å². The molecule has 1 fully saturated rings. The molecule has 0 aliphatic heterocycles. The first kappa shape index (κ1) is 16.2. The first-order chi connectivity index (χ1) is 11.1. The molecule has 1 aliphatic rings. The van der Waals surface area contributed by atoms with Gasteiger partial charge in [-0.25, -0.2) is 0 Å². The third kappa shape index (κ3) is 3.50. The zero-order valence-electron chi connectivity index (χ0n) is 13.2. The highest BCUT2D eigenvalue weighted by Crippen LogP contribution is 2.25. The van der Waals surface area contributed by atoms with Crippen molar-refractivity contribution in [2.45, 2.75) is 45.2 Å². The fourth-order valence-corrected chi connectivity index (χ4v) is 3.82. The molecule has 122 valence electrons. The Kier molecular flexibility index (Phi) is 4.85. The lowest BCUT2D eigenvalue weighted by atomic mass is 9.86. The van der Waals surface area contributed by atoms with Crippen molar-refractivity contribution in [2.75, 3.05) is 0 Å². The Morgan fingerprint density at radius 3 is 2.91 bits per heavy atom. The molecule has 1 heterocycles. The lowest BCUT2D eigenvalue weighted by Gasteiger charge is -2.29. The summed E-state index contributed by atoms with van der Waals surface area (Å²) in [4.78, 5) is 23.7. The number of fused-ring (bicyclic) bond motifs is 1. The number of nitrogens with one attached hydrogen (secondary N) is 1. The van der Waals surface area contributed by atoms with Crippen molar-refractivity contribution in [1.29, 1.82) is 0 Å². The minimum atomic E-state index is 0.0148. The molecule has 3 rings (SSSR count). The summed E-state index contributed by atoms with van der Waals surface area (Å²) >= 11 is 3.42.